The molecule has 0 unspecified atom stereocenters. The van der Waals surface area contributed by atoms with Crippen LogP contribution in [0.15, 0.2) is 24.3 Å². The van der Waals surface area contributed by atoms with E-state index in [-0.39, 0.29) is 11.8 Å². The van der Waals surface area contributed by atoms with Gasteiger partial charge < -0.3 is 15.3 Å². The first-order valence-corrected chi connectivity index (χ1v) is 7.84. The van der Waals surface area contributed by atoms with Crippen LogP contribution in [0.2, 0.25) is 0 Å². The van der Waals surface area contributed by atoms with Crippen molar-refractivity contribution in [3.05, 3.63) is 35.6 Å². The summed E-state index contributed by atoms with van der Waals surface area (Å²) in [4.78, 5) is 1.94. The van der Waals surface area contributed by atoms with Crippen LogP contribution < -0.4 is 5.32 Å². The number of likely N-dealkylation sites (tertiary alicyclic amines) is 1. The molecule has 1 aliphatic rings. The highest BCUT2D eigenvalue weighted by Crippen LogP contribution is 2.30. The molecule has 1 fully saturated rings. The lowest BCUT2D eigenvalue weighted by molar-refractivity contribution is 0.153. The zero-order chi connectivity index (χ0) is 17.3. The van der Waals surface area contributed by atoms with E-state index in [4.69, 9.17) is 0 Å². The van der Waals surface area contributed by atoms with Crippen molar-refractivity contribution in [2.24, 2.45) is 0 Å². The van der Waals surface area contributed by atoms with Gasteiger partial charge in [-0.3, -0.25) is 0 Å². The van der Waals surface area contributed by atoms with E-state index in [1.807, 2.05) is 18.9 Å². The number of alkyl halides is 1. The largest absolute Gasteiger partial charge is 0.507 e. The number of nitrogens with one attached hydrogen (secondary N) is 1. The van der Waals surface area contributed by atoms with Gasteiger partial charge in [0.25, 0.3) is 0 Å². The quantitative estimate of drug-likeness (QED) is 0.904. The van der Waals surface area contributed by atoms with Gasteiger partial charge in [0.15, 0.2) is 0 Å². The van der Waals surface area contributed by atoms with Crippen molar-refractivity contribution >= 4 is 5.82 Å². The first-order chi connectivity index (χ1) is 11.4. The maximum Gasteiger partial charge on any atom is 0.149 e. The summed E-state index contributed by atoms with van der Waals surface area (Å²) in [5.74, 6) is -0.130. The van der Waals surface area contributed by atoms with Crippen molar-refractivity contribution in [2.45, 2.75) is 25.6 Å². The van der Waals surface area contributed by atoms with Gasteiger partial charge in [0.05, 0.1) is 5.69 Å². The Kier molecular flexibility index (Phi) is 4.62. The van der Waals surface area contributed by atoms with E-state index < -0.39 is 12.0 Å². The minimum atomic E-state index is -0.856. The molecule has 0 saturated carbocycles. The van der Waals surface area contributed by atoms with Gasteiger partial charge in [-0.25, -0.2) is 8.78 Å². The van der Waals surface area contributed by atoms with Crippen LogP contribution in [-0.2, 0) is 0 Å². The second-order valence-electron chi connectivity index (χ2n) is 6.32. The lowest BCUT2D eigenvalue weighted by Crippen LogP contribution is -2.45. The molecule has 0 amide bonds. The summed E-state index contributed by atoms with van der Waals surface area (Å²) >= 11 is 0. The molecular weight excluding hydrogens is 314 g/mol. The molecule has 2 heterocycles. The van der Waals surface area contributed by atoms with Gasteiger partial charge in [-0.05, 0) is 37.7 Å². The number of aromatic hydroxyl groups is 1. The molecule has 3 rings (SSSR count). The Labute approximate surface area is 139 Å². The average molecular weight is 334 g/mol. The van der Waals surface area contributed by atoms with E-state index >= 15 is 0 Å². The van der Waals surface area contributed by atoms with Crippen molar-refractivity contribution in [3.8, 4) is 17.0 Å². The molecule has 0 spiro atoms. The van der Waals surface area contributed by atoms with Gasteiger partial charge in [0, 0.05) is 37.2 Å². The number of phenols is 1. The molecule has 1 saturated heterocycles. The van der Waals surface area contributed by atoms with E-state index in [1.54, 1.807) is 6.07 Å². The van der Waals surface area contributed by atoms with Crippen LogP contribution in [0.5, 0.6) is 5.75 Å². The minimum absolute atomic E-state index is 0.0301. The van der Waals surface area contributed by atoms with Crippen molar-refractivity contribution in [1.82, 2.24) is 15.1 Å². The van der Waals surface area contributed by atoms with Crippen molar-refractivity contribution < 1.29 is 13.9 Å². The Morgan fingerprint density at radius 2 is 2.04 bits per heavy atom. The number of benzene rings is 1. The lowest BCUT2D eigenvalue weighted by atomic mass is 10.0. The third-order valence-corrected chi connectivity index (χ3v) is 4.13. The fourth-order valence-corrected chi connectivity index (χ4v) is 3.09. The Balaban J connectivity index is 1.80. The SMILES string of the molecule is Cc1cc(N[C@@H]2C[C@@H](F)CN(C)C2)nnc1-c1ccc(F)cc1O. The molecule has 0 aliphatic carbocycles. The maximum absolute atomic E-state index is 13.7. The third kappa shape index (κ3) is 3.62. The van der Waals surface area contributed by atoms with Crippen LogP contribution in [0, 0.1) is 12.7 Å². The average Bonchev–Trinajstić information content (AvgIpc) is 2.47. The Bertz CT molecular complexity index is 731. The Morgan fingerprint density at radius 1 is 1.25 bits per heavy atom. The van der Waals surface area contributed by atoms with Crippen LogP contribution >= 0.6 is 0 Å². The number of likely N-dealkylation sites (N-methyl/N-ethyl adjacent to an activating group) is 1. The highest BCUT2D eigenvalue weighted by Gasteiger charge is 2.25. The predicted molar refractivity (Wildman–Crippen MR) is 88.2 cm³/mol. The van der Waals surface area contributed by atoms with Crippen molar-refractivity contribution in [3.63, 3.8) is 0 Å². The number of hydrogen-bond acceptors (Lipinski definition) is 5. The number of rotatable bonds is 3. The van der Waals surface area contributed by atoms with E-state index in [1.165, 1.54) is 12.1 Å². The van der Waals surface area contributed by atoms with Crippen LogP contribution in [0.1, 0.15) is 12.0 Å². The molecule has 2 atom stereocenters. The zero-order valence-corrected chi connectivity index (χ0v) is 13.6. The first-order valence-electron chi connectivity index (χ1n) is 7.84. The summed E-state index contributed by atoms with van der Waals surface area (Å²) in [6.07, 6.45) is -0.420. The predicted octanol–water partition coefficient (Wildman–Crippen LogP) is 2.75. The number of hydrogen-bond donors (Lipinski definition) is 2. The number of halogens is 2. The molecule has 1 aromatic carbocycles. The standard InChI is InChI=1S/C17H20F2N4O/c1-10-5-16(20-13-6-12(19)8-23(2)9-13)21-22-17(10)14-4-3-11(18)7-15(14)24/h3-5,7,12-13,24H,6,8-9H2,1-2H3,(H,20,21)/t12-,13-/m1/s1. The van der Waals surface area contributed by atoms with Crippen LogP contribution in [0.3, 0.4) is 0 Å². The number of anilines is 1. The summed E-state index contributed by atoms with van der Waals surface area (Å²) in [5, 5.41) is 21.4. The zero-order valence-electron chi connectivity index (χ0n) is 13.6. The van der Waals surface area contributed by atoms with E-state index in [2.05, 4.69) is 15.5 Å². The van der Waals surface area contributed by atoms with Gasteiger partial charge >= 0.3 is 0 Å². The Hall–Kier alpha value is -2.28. The molecule has 0 radical (unpaired) electrons. The molecule has 5 nitrogen and oxygen atoms in total. The number of piperidine rings is 1. The van der Waals surface area contributed by atoms with E-state index in [0.29, 0.717) is 30.0 Å². The summed E-state index contributed by atoms with van der Waals surface area (Å²) in [6, 6.07) is 5.55. The van der Waals surface area contributed by atoms with Crippen molar-refractivity contribution in [2.75, 3.05) is 25.5 Å². The van der Waals surface area contributed by atoms with Gasteiger partial charge in [-0.15, -0.1) is 10.2 Å². The topological polar surface area (TPSA) is 61.3 Å². The van der Waals surface area contributed by atoms with Gasteiger partial charge in [0.2, 0.25) is 0 Å². The number of aryl methyl sites for hydroxylation is 1. The highest BCUT2D eigenvalue weighted by molar-refractivity contribution is 5.69. The summed E-state index contributed by atoms with van der Waals surface area (Å²) in [7, 11) is 1.89. The van der Waals surface area contributed by atoms with Crippen molar-refractivity contribution in [1.29, 1.82) is 0 Å². The molecule has 2 aromatic rings. The smallest absolute Gasteiger partial charge is 0.149 e. The molecule has 7 heteroatoms. The fraction of sp³-hybridized carbons (Fsp3) is 0.412. The van der Waals surface area contributed by atoms with E-state index in [9.17, 15) is 13.9 Å². The van der Waals surface area contributed by atoms with Gasteiger partial charge in [-0.2, -0.15) is 0 Å². The monoisotopic (exact) mass is 334 g/mol. The molecule has 0 bridgehead atoms. The normalized spacial score (nSPS) is 21.7. The summed E-state index contributed by atoms with van der Waals surface area (Å²) in [6.45, 7) is 3.02. The molecule has 1 aromatic heterocycles. The van der Waals surface area contributed by atoms with Crippen LogP contribution in [0.25, 0.3) is 11.3 Å². The number of nitrogens with zero attached hydrogens (tertiary/aromatic N) is 3. The molecule has 128 valence electrons. The van der Waals surface area contributed by atoms with E-state index in [0.717, 1.165) is 18.2 Å². The first kappa shape index (κ1) is 16.6. The fourth-order valence-electron chi connectivity index (χ4n) is 3.09. The molecular formula is C17H20F2N4O. The van der Waals surface area contributed by atoms with Crippen LogP contribution in [0.4, 0.5) is 14.6 Å². The molecule has 1 aliphatic heterocycles. The second kappa shape index (κ2) is 6.68. The molecule has 2 N–H and O–H groups in total. The summed E-state index contributed by atoms with van der Waals surface area (Å²) < 4.78 is 26.8. The van der Waals surface area contributed by atoms with Crippen LogP contribution in [-0.4, -0.2) is 52.6 Å². The number of aromatic nitrogens is 2. The highest BCUT2D eigenvalue weighted by atomic mass is 19.1. The minimum Gasteiger partial charge on any atom is -0.507 e. The van der Waals surface area contributed by atoms with Gasteiger partial charge in [0.1, 0.15) is 23.6 Å². The summed E-state index contributed by atoms with van der Waals surface area (Å²) in [5.41, 5.74) is 1.70. The van der Waals surface area contributed by atoms with Gasteiger partial charge in [-0.1, -0.05) is 0 Å². The number of phenolic OH excluding ortho intramolecular Hbond substituents is 1. The lowest BCUT2D eigenvalue weighted by Gasteiger charge is -2.32. The molecule has 24 heavy (non-hydrogen) atoms. The maximum atomic E-state index is 13.7. The second-order valence-corrected chi connectivity index (χ2v) is 6.32. The Morgan fingerprint density at radius 3 is 2.71 bits per heavy atom. The third-order valence-electron chi connectivity index (χ3n) is 4.13.